The molecule has 0 aliphatic rings. The number of guanidine groups is 1. The third kappa shape index (κ3) is 6.16. The van der Waals surface area contributed by atoms with Gasteiger partial charge in [0.2, 0.25) is 5.91 Å². The summed E-state index contributed by atoms with van der Waals surface area (Å²) >= 11 is 0. The predicted molar refractivity (Wildman–Crippen MR) is 94.7 cm³/mol. The van der Waals surface area contributed by atoms with Gasteiger partial charge >= 0.3 is 0 Å². The van der Waals surface area contributed by atoms with Gasteiger partial charge in [-0.25, -0.2) is 4.99 Å². The van der Waals surface area contributed by atoms with Crippen LogP contribution in [0, 0.1) is 0 Å². The third-order valence-corrected chi connectivity index (χ3v) is 3.41. The summed E-state index contributed by atoms with van der Waals surface area (Å²) in [7, 11) is 3.46. The van der Waals surface area contributed by atoms with E-state index in [1.807, 2.05) is 42.5 Å². The second kappa shape index (κ2) is 9.39. The lowest BCUT2D eigenvalue weighted by Crippen LogP contribution is -2.43. The van der Waals surface area contributed by atoms with E-state index in [-0.39, 0.29) is 12.5 Å². The number of rotatable bonds is 7. The van der Waals surface area contributed by atoms with Crippen molar-refractivity contribution in [2.24, 2.45) is 4.99 Å². The zero-order chi connectivity index (χ0) is 17.2. The van der Waals surface area contributed by atoms with Crippen molar-refractivity contribution in [2.75, 3.05) is 27.2 Å². The van der Waals surface area contributed by atoms with Gasteiger partial charge in [0.1, 0.15) is 5.76 Å². The van der Waals surface area contributed by atoms with E-state index in [9.17, 15) is 4.79 Å². The normalized spacial score (nSPS) is 11.2. The van der Waals surface area contributed by atoms with Crippen molar-refractivity contribution in [3.8, 4) is 0 Å². The van der Waals surface area contributed by atoms with Crippen LogP contribution in [0.25, 0.3) is 0 Å². The van der Waals surface area contributed by atoms with E-state index >= 15 is 0 Å². The van der Waals surface area contributed by atoms with Crippen molar-refractivity contribution in [1.29, 1.82) is 0 Å². The fourth-order valence-electron chi connectivity index (χ4n) is 2.00. The molecule has 1 aromatic carbocycles. The van der Waals surface area contributed by atoms with Crippen LogP contribution < -0.4 is 10.6 Å². The number of amides is 1. The average molecular weight is 328 g/mol. The second-order valence-corrected chi connectivity index (χ2v) is 5.55. The average Bonchev–Trinajstić information content (AvgIpc) is 3.10. The number of nitrogens with one attached hydrogen (secondary N) is 2. The Morgan fingerprint density at radius 2 is 1.92 bits per heavy atom. The Labute approximate surface area is 142 Å². The Hall–Kier alpha value is -2.76. The maximum absolute atomic E-state index is 11.7. The molecular formula is C18H24N4O2. The molecule has 0 saturated heterocycles. The van der Waals surface area contributed by atoms with Crippen LogP contribution in [-0.2, 0) is 17.8 Å². The molecule has 0 unspecified atom stereocenters. The van der Waals surface area contributed by atoms with Crippen molar-refractivity contribution >= 4 is 11.9 Å². The van der Waals surface area contributed by atoms with Gasteiger partial charge < -0.3 is 20.0 Å². The van der Waals surface area contributed by atoms with E-state index in [0.29, 0.717) is 19.0 Å². The van der Waals surface area contributed by atoms with E-state index in [4.69, 9.17) is 4.42 Å². The van der Waals surface area contributed by atoms with Gasteiger partial charge in [0, 0.05) is 27.1 Å². The number of carbonyl (C=O) groups is 1. The summed E-state index contributed by atoms with van der Waals surface area (Å²) in [5.41, 5.74) is 1.11. The molecule has 1 amide bonds. The fourth-order valence-corrected chi connectivity index (χ4v) is 2.00. The van der Waals surface area contributed by atoms with Crippen LogP contribution in [0.4, 0.5) is 0 Å². The molecule has 0 atom stereocenters. The van der Waals surface area contributed by atoms with Crippen LogP contribution in [-0.4, -0.2) is 44.0 Å². The number of furan rings is 1. The van der Waals surface area contributed by atoms with Crippen LogP contribution >= 0.6 is 0 Å². The van der Waals surface area contributed by atoms with Gasteiger partial charge in [-0.1, -0.05) is 30.3 Å². The predicted octanol–water partition coefficient (Wildman–Crippen LogP) is 1.65. The van der Waals surface area contributed by atoms with E-state index in [1.54, 1.807) is 25.3 Å². The van der Waals surface area contributed by atoms with E-state index in [2.05, 4.69) is 15.6 Å². The summed E-state index contributed by atoms with van der Waals surface area (Å²) in [5, 5.41) is 6.30. The third-order valence-electron chi connectivity index (χ3n) is 3.41. The van der Waals surface area contributed by atoms with Gasteiger partial charge in [-0.3, -0.25) is 4.79 Å². The molecule has 6 heteroatoms. The molecule has 0 fully saturated rings. The minimum atomic E-state index is -0.00440. The van der Waals surface area contributed by atoms with Crippen LogP contribution in [0.5, 0.6) is 0 Å². The van der Waals surface area contributed by atoms with E-state index < -0.39 is 0 Å². The lowest BCUT2D eigenvalue weighted by molar-refractivity contribution is -0.127. The molecule has 0 aliphatic carbocycles. The molecule has 2 rings (SSSR count). The highest BCUT2D eigenvalue weighted by molar-refractivity contribution is 5.86. The Balaban J connectivity index is 1.90. The summed E-state index contributed by atoms with van der Waals surface area (Å²) in [6.07, 6.45) is 2.41. The molecule has 1 heterocycles. The first-order chi connectivity index (χ1) is 11.6. The van der Waals surface area contributed by atoms with Gasteiger partial charge in [0.25, 0.3) is 0 Å². The summed E-state index contributed by atoms with van der Waals surface area (Å²) in [6, 6.07) is 13.8. The topological polar surface area (TPSA) is 69.9 Å². The Morgan fingerprint density at radius 1 is 1.12 bits per heavy atom. The molecule has 1 aromatic heterocycles. The molecule has 0 saturated carbocycles. The maximum Gasteiger partial charge on any atom is 0.241 e. The molecule has 0 spiro atoms. The number of nitrogens with zero attached hydrogens (tertiary/aromatic N) is 2. The fraction of sp³-hybridized carbons (Fsp3) is 0.333. The SMILES string of the molecule is CN(C)C(=O)CNC(=NCc1ccccc1)NCCc1ccco1. The summed E-state index contributed by atoms with van der Waals surface area (Å²) in [4.78, 5) is 17.8. The second-order valence-electron chi connectivity index (χ2n) is 5.55. The quantitative estimate of drug-likeness (QED) is 0.599. The van der Waals surface area contributed by atoms with Gasteiger partial charge in [-0.2, -0.15) is 0 Å². The lowest BCUT2D eigenvalue weighted by atomic mass is 10.2. The molecule has 0 aliphatic heterocycles. The van der Waals surface area contributed by atoms with Crippen molar-refractivity contribution in [3.63, 3.8) is 0 Å². The van der Waals surface area contributed by atoms with Crippen LogP contribution in [0.1, 0.15) is 11.3 Å². The molecule has 0 radical (unpaired) electrons. The zero-order valence-corrected chi connectivity index (χ0v) is 14.2. The van der Waals surface area contributed by atoms with E-state index in [0.717, 1.165) is 17.7 Å². The number of likely N-dealkylation sites (N-methyl/N-ethyl adjacent to an activating group) is 1. The molecule has 128 valence electrons. The smallest absolute Gasteiger partial charge is 0.241 e. The Morgan fingerprint density at radius 3 is 2.58 bits per heavy atom. The van der Waals surface area contributed by atoms with Gasteiger partial charge in [-0.15, -0.1) is 0 Å². The number of benzene rings is 1. The molecule has 2 aromatic rings. The molecule has 2 N–H and O–H groups in total. The lowest BCUT2D eigenvalue weighted by Gasteiger charge is -2.14. The Kier molecular flexibility index (Phi) is 6.89. The molecule has 0 bridgehead atoms. The minimum Gasteiger partial charge on any atom is -0.469 e. The van der Waals surface area contributed by atoms with Crippen LogP contribution in [0.2, 0.25) is 0 Å². The monoisotopic (exact) mass is 328 g/mol. The highest BCUT2D eigenvalue weighted by Crippen LogP contribution is 2.01. The molecule has 6 nitrogen and oxygen atoms in total. The number of carbonyl (C=O) groups excluding carboxylic acids is 1. The number of hydrogen-bond acceptors (Lipinski definition) is 3. The van der Waals surface area contributed by atoms with Crippen LogP contribution in [0.3, 0.4) is 0 Å². The molecule has 24 heavy (non-hydrogen) atoms. The van der Waals surface area contributed by atoms with Gasteiger partial charge in [-0.05, 0) is 17.7 Å². The highest BCUT2D eigenvalue weighted by atomic mass is 16.3. The molecular weight excluding hydrogens is 304 g/mol. The first-order valence-electron chi connectivity index (χ1n) is 7.94. The van der Waals surface area contributed by atoms with Crippen LogP contribution in [0.15, 0.2) is 58.1 Å². The summed E-state index contributed by atoms with van der Waals surface area (Å²) < 4.78 is 5.31. The maximum atomic E-state index is 11.7. The first-order valence-corrected chi connectivity index (χ1v) is 7.94. The van der Waals surface area contributed by atoms with E-state index in [1.165, 1.54) is 0 Å². The minimum absolute atomic E-state index is 0.00440. The number of hydrogen-bond donors (Lipinski definition) is 2. The Bertz CT molecular complexity index is 636. The standard InChI is InChI=1S/C18H24N4O2/c1-22(2)17(23)14-21-18(19-11-10-16-9-6-12-24-16)20-13-15-7-4-3-5-8-15/h3-9,12H,10-11,13-14H2,1-2H3,(H2,19,20,21). The van der Waals surface area contributed by atoms with Crippen molar-refractivity contribution in [3.05, 3.63) is 60.1 Å². The van der Waals surface area contributed by atoms with Crippen molar-refractivity contribution in [1.82, 2.24) is 15.5 Å². The highest BCUT2D eigenvalue weighted by Gasteiger charge is 2.06. The van der Waals surface area contributed by atoms with Crippen molar-refractivity contribution < 1.29 is 9.21 Å². The first kappa shape index (κ1) is 17.6. The van der Waals surface area contributed by atoms with Crippen molar-refractivity contribution in [2.45, 2.75) is 13.0 Å². The summed E-state index contributed by atoms with van der Waals surface area (Å²) in [5.74, 6) is 1.52. The largest absolute Gasteiger partial charge is 0.469 e. The van der Waals surface area contributed by atoms with Gasteiger partial charge in [0.05, 0.1) is 19.4 Å². The summed E-state index contributed by atoms with van der Waals surface area (Å²) in [6.45, 7) is 1.42. The number of aliphatic imine (C=N–C) groups is 1. The zero-order valence-electron chi connectivity index (χ0n) is 14.2. The van der Waals surface area contributed by atoms with Gasteiger partial charge in [0.15, 0.2) is 5.96 Å².